The first-order chi connectivity index (χ1) is 16.4. The highest BCUT2D eigenvalue weighted by Gasteiger charge is 2.22. The van der Waals surface area contributed by atoms with Gasteiger partial charge >= 0.3 is 0 Å². The second-order valence-corrected chi connectivity index (χ2v) is 10.6. The molecule has 0 unspecified atom stereocenters. The van der Waals surface area contributed by atoms with Crippen LogP contribution >= 0.6 is 22.9 Å². The van der Waals surface area contributed by atoms with Crippen LogP contribution in [0.5, 0.6) is 0 Å². The number of pyridine rings is 2. The first-order valence-corrected chi connectivity index (χ1v) is 12.6. The van der Waals surface area contributed by atoms with E-state index in [0.717, 1.165) is 63.8 Å². The first kappa shape index (κ1) is 22.7. The van der Waals surface area contributed by atoms with Crippen LogP contribution in [0.25, 0.3) is 16.2 Å². The normalized spacial score (nSPS) is 14.6. The SMILES string of the molecule is Cc1ccc(CNC(=O)c2cc(N3CCC(C)CC3)c3ncc(-c4ccc(Cl)s4)n3c2)c[n+]1O. The summed E-state index contributed by atoms with van der Waals surface area (Å²) in [4.78, 5) is 21.3. The molecule has 1 aliphatic rings. The van der Waals surface area contributed by atoms with Gasteiger partial charge in [0.25, 0.3) is 5.91 Å². The monoisotopic (exact) mass is 496 g/mol. The van der Waals surface area contributed by atoms with Crippen LogP contribution in [0.15, 0.2) is 48.9 Å². The molecule has 4 aromatic heterocycles. The molecule has 2 N–H and O–H groups in total. The number of imidazole rings is 1. The molecule has 1 saturated heterocycles. The van der Waals surface area contributed by atoms with Crippen LogP contribution in [0.1, 0.15) is 41.4 Å². The maximum atomic E-state index is 13.2. The van der Waals surface area contributed by atoms with Crippen molar-refractivity contribution in [2.45, 2.75) is 33.2 Å². The number of amides is 1. The van der Waals surface area contributed by atoms with Gasteiger partial charge in [-0.3, -0.25) is 14.4 Å². The highest BCUT2D eigenvalue weighted by molar-refractivity contribution is 7.19. The van der Waals surface area contributed by atoms with Gasteiger partial charge in [-0.25, -0.2) is 4.98 Å². The summed E-state index contributed by atoms with van der Waals surface area (Å²) >= 11 is 7.68. The van der Waals surface area contributed by atoms with Gasteiger partial charge < -0.3 is 10.2 Å². The van der Waals surface area contributed by atoms with E-state index in [1.807, 2.05) is 54.0 Å². The lowest BCUT2D eigenvalue weighted by Gasteiger charge is -2.32. The molecule has 0 atom stereocenters. The van der Waals surface area contributed by atoms with Gasteiger partial charge in [0.05, 0.1) is 32.4 Å². The Morgan fingerprint density at radius 2 is 2.09 bits per heavy atom. The summed E-state index contributed by atoms with van der Waals surface area (Å²) < 4.78 is 3.77. The van der Waals surface area contributed by atoms with E-state index in [1.54, 1.807) is 6.20 Å². The van der Waals surface area contributed by atoms with Gasteiger partial charge in [0.15, 0.2) is 5.65 Å². The summed E-state index contributed by atoms with van der Waals surface area (Å²) in [5.41, 5.74) is 4.81. The van der Waals surface area contributed by atoms with Crippen molar-refractivity contribution in [2.75, 3.05) is 18.0 Å². The molecule has 176 valence electrons. The molecule has 0 bridgehead atoms. The Morgan fingerprint density at radius 1 is 1.29 bits per heavy atom. The quantitative estimate of drug-likeness (QED) is 0.310. The minimum Gasteiger partial charge on any atom is -0.368 e. The van der Waals surface area contributed by atoms with Crippen molar-refractivity contribution >= 4 is 40.2 Å². The first-order valence-electron chi connectivity index (χ1n) is 11.4. The molecule has 34 heavy (non-hydrogen) atoms. The number of nitrogens with zero attached hydrogens (tertiary/aromatic N) is 4. The molecule has 5 heterocycles. The van der Waals surface area contributed by atoms with Crippen molar-refractivity contribution in [3.8, 4) is 10.6 Å². The number of nitrogens with one attached hydrogen (secondary N) is 1. The van der Waals surface area contributed by atoms with Gasteiger partial charge in [0, 0.05) is 49.1 Å². The van der Waals surface area contributed by atoms with E-state index in [-0.39, 0.29) is 5.91 Å². The number of anilines is 1. The second-order valence-electron chi connectivity index (χ2n) is 8.93. The van der Waals surface area contributed by atoms with Crippen molar-refractivity contribution in [1.82, 2.24) is 14.7 Å². The van der Waals surface area contributed by atoms with Gasteiger partial charge in [-0.1, -0.05) is 18.5 Å². The van der Waals surface area contributed by atoms with E-state index < -0.39 is 0 Å². The van der Waals surface area contributed by atoms with Gasteiger partial charge in [-0.2, -0.15) is 0 Å². The third kappa shape index (κ3) is 4.48. The molecule has 0 spiro atoms. The average molecular weight is 497 g/mol. The lowest BCUT2D eigenvalue weighted by molar-refractivity contribution is -0.909. The van der Waals surface area contributed by atoms with Crippen molar-refractivity contribution < 1.29 is 14.7 Å². The molecule has 0 saturated carbocycles. The Morgan fingerprint density at radius 3 is 2.79 bits per heavy atom. The van der Waals surface area contributed by atoms with E-state index in [0.29, 0.717) is 22.4 Å². The molecule has 4 aromatic rings. The fourth-order valence-electron chi connectivity index (χ4n) is 4.30. The summed E-state index contributed by atoms with van der Waals surface area (Å²) in [5, 5.41) is 12.9. The summed E-state index contributed by atoms with van der Waals surface area (Å²) in [7, 11) is 0. The number of fused-ring (bicyclic) bond motifs is 1. The largest absolute Gasteiger partial charge is 0.368 e. The molecule has 9 heteroatoms. The van der Waals surface area contributed by atoms with Gasteiger partial charge in [-0.05, 0) is 43.0 Å². The molecule has 7 nitrogen and oxygen atoms in total. The minimum atomic E-state index is -0.178. The average Bonchev–Trinajstić information content (AvgIpc) is 3.45. The third-order valence-corrected chi connectivity index (χ3v) is 7.69. The molecule has 1 aliphatic heterocycles. The standard InChI is InChI=1S/C25H26ClN5O2S/c1-16-7-9-29(10-8-16)20-11-19(25(32)28-12-18-4-3-17(2)31(33)14-18)15-30-21(13-27-24(20)30)22-5-6-23(26)34-22/h3-6,11,13-16H,7-10,12H2,1-2H3,(H-,28,32,33)/p+1. The van der Waals surface area contributed by atoms with E-state index in [2.05, 4.69) is 17.1 Å². The van der Waals surface area contributed by atoms with Crippen LogP contribution < -0.4 is 14.9 Å². The summed E-state index contributed by atoms with van der Waals surface area (Å²) in [6.07, 6.45) is 7.53. The van der Waals surface area contributed by atoms with E-state index in [4.69, 9.17) is 16.6 Å². The Hall–Kier alpha value is -3.10. The third-order valence-electron chi connectivity index (χ3n) is 6.44. The Kier molecular flexibility index (Phi) is 6.18. The van der Waals surface area contributed by atoms with E-state index >= 15 is 0 Å². The number of thiophene rings is 1. The molecular formula is C25H27ClN5O2S+. The Labute approximate surface area is 207 Å². The fourth-order valence-corrected chi connectivity index (χ4v) is 5.35. The summed E-state index contributed by atoms with van der Waals surface area (Å²) in [5.74, 6) is 0.522. The molecule has 0 aliphatic carbocycles. The summed E-state index contributed by atoms with van der Waals surface area (Å²) in [6.45, 7) is 6.28. The van der Waals surface area contributed by atoms with E-state index in [9.17, 15) is 10.0 Å². The van der Waals surface area contributed by atoms with Crippen molar-refractivity contribution in [3.05, 3.63) is 70.1 Å². The predicted molar refractivity (Wildman–Crippen MR) is 134 cm³/mol. The Balaban J connectivity index is 1.51. The van der Waals surface area contributed by atoms with Crippen molar-refractivity contribution in [2.24, 2.45) is 5.92 Å². The molecule has 0 aromatic carbocycles. The van der Waals surface area contributed by atoms with E-state index in [1.165, 1.54) is 11.3 Å². The lowest BCUT2D eigenvalue weighted by Crippen LogP contribution is -2.35. The van der Waals surface area contributed by atoms with Gasteiger partial charge in [0.2, 0.25) is 11.9 Å². The number of hydrogen-bond acceptors (Lipinski definition) is 5. The van der Waals surface area contributed by atoms with Gasteiger partial charge in [-0.15, -0.1) is 11.3 Å². The Bertz CT molecular complexity index is 1360. The van der Waals surface area contributed by atoms with Gasteiger partial charge in [0.1, 0.15) is 0 Å². The number of carbonyl (C=O) groups excluding carboxylic acids is 1. The number of aryl methyl sites for hydroxylation is 1. The van der Waals surface area contributed by atoms with Crippen LogP contribution in [0.3, 0.4) is 0 Å². The maximum absolute atomic E-state index is 13.2. The van der Waals surface area contributed by atoms with Crippen molar-refractivity contribution in [3.63, 3.8) is 0 Å². The highest BCUT2D eigenvalue weighted by atomic mass is 35.5. The molecular weight excluding hydrogens is 470 g/mol. The number of carbonyl (C=O) groups is 1. The smallest absolute Gasteiger partial charge is 0.253 e. The molecule has 0 radical (unpaired) electrons. The number of halogens is 1. The fraction of sp³-hybridized carbons (Fsp3) is 0.320. The molecule has 5 rings (SSSR count). The van der Waals surface area contributed by atoms with Crippen LogP contribution in [0.2, 0.25) is 4.34 Å². The number of piperidine rings is 1. The highest BCUT2D eigenvalue weighted by Crippen LogP contribution is 2.34. The van der Waals surface area contributed by atoms with Crippen LogP contribution in [0, 0.1) is 12.8 Å². The van der Waals surface area contributed by atoms with Crippen LogP contribution in [-0.4, -0.2) is 33.6 Å². The number of aromatic nitrogens is 3. The number of hydrogen-bond donors (Lipinski definition) is 2. The molecule has 1 fully saturated rings. The lowest BCUT2D eigenvalue weighted by atomic mass is 9.99. The van der Waals surface area contributed by atoms with Crippen LogP contribution in [0.4, 0.5) is 5.69 Å². The molecule has 1 amide bonds. The zero-order valence-corrected chi connectivity index (χ0v) is 20.7. The maximum Gasteiger partial charge on any atom is 0.253 e. The second kappa shape index (κ2) is 9.27. The zero-order chi connectivity index (χ0) is 23.8. The zero-order valence-electron chi connectivity index (χ0n) is 19.2. The predicted octanol–water partition coefficient (Wildman–Crippen LogP) is 4.72. The van der Waals surface area contributed by atoms with Crippen LogP contribution in [-0.2, 0) is 6.54 Å². The topological polar surface area (TPSA) is 73.8 Å². The summed E-state index contributed by atoms with van der Waals surface area (Å²) in [6, 6.07) is 9.50. The minimum absolute atomic E-state index is 0.178. The number of rotatable bonds is 5. The van der Waals surface area contributed by atoms with Crippen molar-refractivity contribution in [1.29, 1.82) is 0 Å².